The Hall–Kier alpha value is -3.10. The van der Waals surface area contributed by atoms with Gasteiger partial charge < -0.3 is 26.0 Å². The highest BCUT2D eigenvalue weighted by molar-refractivity contribution is 5.93. The van der Waals surface area contributed by atoms with E-state index in [1.54, 1.807) is 25.7 Å². The Morgan fingerprint density at radius 1 is 1.14 bits per heavy atom. The lowest BCUT2D eigenvalue weighted by molar-refractivity contribution is -0.143. The normalized spacial score (nSPS) is 15.0. The van der Waals surface area contributed by atoms with Crippen LogP contribution in [0.3, 0.4) is 0 Å². The molecule has 4 amide bonds. The Bertz CT molecular complexity index is 890. The van der Waals surface area contributed by atoms with Gasteiger partial charge in [-0.05, 0) is 58.9 Å². The van der Waals surface area contributed by atoms with Gasteiger partial charge in [-0.2, -0.15) is 0 Å². The number of rotatable bonds is 12. The van der Waals surface area contributed by atoms with Crippen LogP contribution in [0.25, 0.3) is 0 Å². The summed E-state index contributed by atoms with van der Waals surface area (Å²) in [7, 11) is 0. The fraction of sp³-hybridized carbons (Fsp3) is 0.615. The number of amides is 4. The summed E-state index contributed by atoms with van der Waals surface area (Å²) in [6, 6.07) is 5.45. The lowest BCUT2D eigenvalue weighted by Gasteiger charge is -2.34. The Balaban J connectivity index is 2.39. The zero-order valence-electron chi connectivity index (χ0n) is 21.6. The van der Waals surface area contributed by atoms with E-state index in [1.165, 1.54) is 0 Å². The van der Waals surface area contributed by atoms with Crippen LogP contribution in [0.5, 0.6) is 0 Å². The number of hydrogen-bond acceptors (Lipinski definition) is 5. The Labute approximate surface area is 208 Å². The van der Waals surface area contributed by atoms with E-state index in [0.29, 0.717) is 12.1 Å². The largest absolute Gasteiger partial charge is 0.444 e. The maximum Gasteiger partial charge on any atom is 0.408 e. The highest BCUT2D eigenvalue weighted by Crippen LogP contribution is 2.36. The van der Waals surface area contributed by atoms with Crippen molar-refractivity contribution in [1.29, 1.82) is 0 Å². The number of unbranched alkanes of at least 4 members (excludes halogenated alkanes) is 1. The summed E-state index contributed by atoms with van der Waals surface area (Å²) in [6.07, 6.45) is 2.41. The number of primary amides is 1. The van der Waals surface area contributed by atoms with Crippen LogP contribution in [0.1, 0.15) is 83.4 Å². The van der Waals surface area contributed by atoms with E-state index in [9.17, 15) is 19.2 Å². The van der Waals surface area contributed by atoms with E-state index < -0.39 is 35.6 Å². The molecular weight excluding hydrogens is 448 g/mol. The molecule has 194 valence electrons. The second kappa shape index (κ2) is 12.6. The zero-order chi connectivity index (χ0) is 26.2. The molecule has 0 heterocycles. The second-order valence-corrected chi connectivity index (χ2v) is 10.1. The Morgan fingerprint density at radius 2 is 1.77 bits per heavy atom. The van der Waals surface area contributed by atoms with Crippen molar-refractivity contribution in [3.63, 3.8) is 0 Å². The number of benzene rings is 1. The van der Waals surface area contributed by atoms with Crippen LogP contribution in [-0.4, -0.2) is 52.9 Å². The van der Waals surface area contributed by atoms with Gasteiger partial charge in [0.25, 0.3) is 0 Å². The van der Waals surface area contributed by atoms with E-state index in [2.05, 4.69) is 10.6 Å². The predicted molar refractivity (Wildman–Crippen MR) is 133 cm³/mol. The lowest BCUT2D eigenvalue weighted by Crippen LogP contribution is -2.54. The number of carbonyl (C=O) groups is 4. The molecule has 1 aliphatic carbocycles. The van der Waals surface area contributed by atoms with Gasteiger partial charge in [0.15, 0.2) is 0 Å². The first-order chi connectivity index (χ1) is 16.4. The molecule has 0 spiro atoms. The number of carbonyl (C=O) groups excluding carboxylic acids is 4. The minimum Gasteiger partial charge on any atom is -0.444 e. The maximum absolute atomic E-state index is 13.9. The third kappa shape index (κ3) is 9.22. The molecule has 2 unspecified atom stereocenters. The quantitative estimate of drug-likeness (QED) is 0.389. The van der Waals surface area contributed by atoms with E-state index in [4.69, 9.17) is 10.5 Å². The zero-order valence-corrected chi connectivity index (χ0v) is 21.6. The van der Waals surface area contributed by atoms with Gasteiger partial charge in [-0.25, -0.2) is 4.79 Å². The van der Waals surface area contributed by atoms with Crippen molar-refractivity contribution in [2.45, 2.75) is 96.9 Å². The number of ether oxygens (including phenoxy) is 1. The monoisotopic (exact) mass is 488 g/mol. The predicted octanol–water partition coefficient (Wildman–Crippen LogP) is 3.10. The number of nitrogens with one attached hydrogen (secondary N) is 2. The summed E-state index contributed by atoms with van der Waals surface area (Å²) in [6.45, 7) is 9.65. The molecule has 2 atom stereocenters. The second-order valence-electron chi connectivity index (χ2n) is 10.1. The maximum atomic E-state index is 13.9. The van der Waals surface area contributed by atoms with Gasteiger partial charge in [-0.15, -0.1) is 0 Å². The SMILES string of the molecule is CCCCNC(=O)C(c1ccc(C)cc1)N(C(=O)C(CCC(N)=O)NC(=O)OC(C)(C)C)C1CC1. The van der Waals surface area contributed by atoms with Crippen LogP contribution < -0.4 is 16.4 Å². The molecule has 1 aromatic carbocycles. The molecule has 9 nitrogen and oxygen atoms in total. The molecule has 0 radical (unpaired) electrons. The van der Waals surface area contributed by atoms with Gasteiger partial charge in [0.2, 0.25) is 17.7 Å². The van der Waals surface area contributed by atoms with Gasteiger partial charge in [-0.1, -0.05) is 43.2 Å². The minimum atomic E-state index is -1.06. The topological polar surface area (TPSA) is 131 Å². The molecule has 0 bridgehead atoms. The van der Waals surface area contributed by atoms with E-state index in [1.807, 2.05) is 38.1 Å². The number of nitrogens with zero attached hydrogens (tertiary/aromatic N) is 1. The molecule has 35 heavy (non-hydrogen) atoms. The third-order valence-electron chi connectivity index (χ3n) is 5.61. The highest BCUT2D eigenvalue weighted by atomic mass is 16.6. The van der Waals surface area contributed by atoms with Gasteiger partial charge in [0.1, 0.15) is 17.7 Å². The van der Waals surface area contributed by atoms with Gasteiger partial charge in [0, 0.05) is 19.0 Å². The lowest BCUT2D eigenvalue weighted by atomic mass is 10.00. The Morgan fingerprint density at radius 3 is 2.29 bits per heavy atom. The van der Waals surface area contributed by atoms with Crippen molar-refractivity contribution in [2.75, 3.05) is 6.54 Å². The third-order valence-corrected chi connectivity index (χ3v) is 5.61. The molecule has 9 heteroatoms. The summed E-state index contributed by atoms with van der Waals surface area (Å²) >= 11 is 0. The number of aryl methyl sites for hydroxylation is 1. The van der Waals surface area contributed by atoms with Crippen molar-refractivity contribution in [3.05, 3.63) is 35.4 Å². The minimum absolute atomic E-state index is 0.00863. The van der Waals surface area contributed by atoms with Crippen LogP contribution in [0.15, 0.2) is 24.3 Å². The van der Waals surface area contributed by atoms with Crippen LogP contribution in [0.4, 0.5) is 4.79 Å². The van der Waals surface area contributed by atoms with Gasteiger partial charge in [-0.3, -0.25) is 14.4 Å². The van der Waals surface area contributed by atoms with Crippen molar-refractivity contribution in [2.24, 2.45) is 5.73 Å². The summed E-state index contributed by atoms with van der Waals surface area (Å²) in [5.41, 5.74) is 6.30. The van der Waals surface area contributed by atoms with E-state index in [0.717, 1.165) is 31.2 Å². The van der Waals surface area contributed by atoms with Crippen LogP contribution in [0.2, 0.25) is 0 Å². The molecule has 1 aromatic rings. The highest BCUT2D eigenvalue weighted by Gasteiger charge is 2.44. The number of alkyl carbamates (subject to hydrolysis) is 1. The average Bonchev–Trinajstić information content (AvgIpc) is 3.59. The summed E-state index contributed by atoms with van der Waals surface area (Å²) in [4.78, 5) is 52.8. The average molecular weight is 489 g/mol. The standard InChI is InChI=1S/C26H40N4O5/c1-6-7-16-28-23(32)22(18-10-8-17(2)9-11-18)30(19-12-13-19)24(33)20(14-15-21(27)31)29-25(34)35-26(3,4)5/h8-11,19-20,22H,6-7,12-16H2,1-5H3,(H2,27,31)(H,28,32)(H,29,34). The summed E-state index contributed by atoms with van der Waals surface area (Å²) < 4.78 is 5.34. The van der Waals surface area contributed by atoms with E-state index in [-0.39, 0.29) is 24.8 Å². The summed E-state index contributed by atoms with van der Waals surface area (Å²) in [5.74, 6) is -1.29. The van der Waals surface area contributed by atoms with Gasteiger partial charge >= 0.3 is 6.09 Å². The molecule has 0 aliphatic heterocycles. The molecule has 0 saturated heterocycles. The van der Waals surface area contributed by atoms with Gasteiger partial charge in [0.05, 0.1) is 0 Å². The number of hydrogen-bond donors (Lipinski definition) is 3. The molecule has 2 rings (SSSR count). The molecule has 4 N–H and O–H groups in total. The van der Waals surface area contributed by atoms with Crippen molar-refractivity contribution >= 4 is 23.8 Å². The smallest absolute Gasteiger partial charge is 0.408 e. The molecular formula is C26H40N4O5. The fourth-order valence-electron chi connectivity index (χ4n) is 3.72. The molecule has 0 aromatic heterocycles. The van der Waals surface area contributed by atoms with Crippen molar-refractivity contribution < 1.29 is 23.9 Å². The Kier molecular flexibility index (Phi) is 10.1. The molecule has 1 aliphatic rings. The fourth-order valence-corrected chi connectivity index (χ4v) is 3.72. The molecule has 1 saturated carbocycles. The molecule has 1 fully saturated rings. The first-order valence-corrected chi connectivity index (χ1v) is 12.4. The van der Waals surface area contributed by atoms with Crippen LogP contribution in [0, 0.1) is 6.92 Å². The van der Waals surface area contributed by atoms with Crippen molar-refractivity contribution in [3.8, 4) is 0 Å². The summed E-state index contributed by atoms with van der Waals surface area (Å²) in [5, 5.41) is 5.56. The first kappa shape index (κ1) is 28.1. The van der Waals surface area contributed by atoms with Crippen molar-refractivity contribution in [1.82, 2.24) is 15.5 Å². The first-order valence-electron chi connectivity index (χ1n) is 12.4. The van der Waals surface area contributed by atoms with E-state index >= 15 is 0 Å². The van der Waals surface area contributed by atoms with Crippen LogP contribution in [-0.2, 0) is 19.1 Å². The number of nitrogens with two attached hydrogens (primary N) is 1. The van der Waals surface area contributed by atoms with Crippen LogP contribution >= 0.6 is 0 Å².